The van der Waals surface area contributed by atoms with Gasteiger partial charge in [0.1, 0.15) is 0 Å². The Morgan fingerprint density at radius 3 is 3.00 bits per heavy atom. The van der Waals surface area contributed by atoms with Gasteiger partial charge in [-0.25, -0.2) is 0 Å². The number of amides is 1. The zero-order valence-corrected chi connectivity index (χ0v) is 8.89. The molecule has 1 aromatic carbocycles. The minimum Gasteiger partial charge on any atom is -0.392 e. The molecule has 1 aliphatic rings. The molecule has 1 heterocycles. The van der Waals surface area contributed by atoms with Crippen molar-refractivity contribution in [3.05, 3.63) is 29.8 Å². The molecule has 1 fully saturated rings. The molecule has 3 nitrogen and oxygen atoms in total. The lowest BCUT2D eigenvalue weighted by Gasteiger charge is -2.16. The standard InChI is InChI=1S/C13H13NO2/c1-2-10-7-13(16)14(8-10)12-5-3-4-11(6-12)9-15/h1,3-6,10,15H,7-9H2. The maximum absolute atomic E-state index is 11.7. The van der Waals surface area contributed by atoms with Gasteiger partial charge >= 0.3 is 0 Å². The Balaban J connectivity index is 2.24. The molecule has 0 aromatic heterocycles. The predicted octanol–water partition coefficient (Wildman–Crippen LogP) is 1.16. The first-order valence-electron chi connectivity index (χ1n) is 5.21. The van der Waals surface area contributed by atoms with E-state index in [0.717, 1.165) is 11.3 Å². The number of terminal acetylenes is 1. The summed E-state index contributed by atoms with van der Waals surface area (Å²) in [5.74, 6) is 2.67. The fraction of sp³-hybridized carbons (Fsp3) is 0.308. The van der Waals surface area contributed by atoms with E-state index in [9.17, 15) is 4.79 Å². The molecule has 0 spiro atoms. The monoisotopic (exact) mass is 215 g/mol. The summed E-state index contributed by atoms with van der Waals surface area (Å²) in [5.41, 5.74) is 1.61. The molecule has 0 bridgehead atoms. The number of nitrogens with zero attached hydrogens (tertiary/aromatic N) is 1. The molecule has 3 heteroatoms. The third kappa shape index (κ3) is 1.93. The molecule has 82 valence electrons. The topological polar surface area (TPSA) is 40.5 Å². The van der Waals surface area contributed by atoms with E-state index >= 15 is 0 Å². The number of aliphatic hydroxyl groups excluding tert-OH is 1. The summed E-state index contributed by atoms with van der Waals surface area (Å²) in [6, 6.07) is 7.33. The van der Waals surface area contributed by atoms with Crippen LogP contribution in [0.1, 0.15) is 12.0 Å². The highest BCUT2D eigenvalue weighted by Gasteiger charge is 2.29. The van der Waals surface area contributed by atoms with E-state index in [2.05, 4.69) is 5.92 Å². The second-order valence-corrected chi connectivity index (χ2v) is 3.90. The fourth-order valence-corrected chi connectivity index (χ4v) is 1.89. The fourth-order valence-electron chi connectivity index (χ4n) is 1.89. The predicted molar refractivity (Wildman–Crippen MR) is 61.7 cm³/mol. The summed E-state index contributed by atoms with van der Waals surface area (Å²) in [5, 5.41) is 9.03. The largest absolute Gasteiger partial charge is 0.392 e. The lowest BCUT2D eigenvalue weighted by molar-refractivity contribution is -0.117. The van der Waals surface area contributed by atoms with Crippen LogP contribution in [0.2, 0.25) is 0 Å². The van der Waals surface area contributed by atoms with E-state index in [1.54, 1.807) is 4.90 Å². The van der Waals surface area contributed by atoms with Gasteiger partial charge in [-0.15, -0.1) is 12.3 Å². The van der Waals surface area contributed by atoms with Crippen LogP contribution in [0.3, 0.4) is 0 Å². The van der Waals surface area contributed by atoms with Crippen molar-refractivity contribution in [2.45, 2.75) is 13.0 Å². The van der Waals surface area contributed by atoms with Crippen LogP contribution in [0, 0.1) is 18.3 Å². The van der Waals surface area contributed by atoms with Gasteiger partial charge in [0.2, 0.25) is 5.91 Å². The Labute approximate surface area is 94.7 Å². The Bertz CT molecular complexity index is 447. The zero-order chi connectivity index (χ0) is 11.5. The average molecular weight is 215 g/mol. The van der Waals surface area contributed by atoms with Crippen LogP contribution in [-0.4, -0.2) is 17.6 Å². The van der Waals surface area contributed by atoms with Crippen molar-refractivity contribution >= 4 is 11.6 Å². The zero-order valence-electron chi connectivity index (χ0n) is 8.89. The first-order chi connectivity index (χ1) is 7.74. The van der Waals surface area contributed by atoms with Crippen LogP contribution >= 0.6 is 0 Å². The highest BCUT2D eigenvalue weighted by Crippen LogP contribution is 2.25. The van der Waals surface area contributed by atoms with Crippen LogP contribution in [0.4, 0.5) is 5.69 Å². The Morgan fingerprint density at radius 1 is 1.56 bits per heavy atom. The van der Waals surface area contributed by atoms with Gasteiger partial charge in [0, 0.05) is 24.6 Å². The number of carbonyl (C=O) groups excluding carboxylic acids is 1. The van der Waals surface area contributed by atoms with Crippen molar-refractivity contribution < 1.29 is 9.90 Å². The highest BCUT2D eigenvalue weighted by molar-refractivity contribution is 5.96. The minimum absolute atomic E-state index is 0.00489. The second kappa shape index (κ2) is 4.38. The number of anilines is 1. The molecule has 1 saturated heterocycles. The summed E-state index contributed by atoms with van der Waals surface area (Å²) >= 11 is 0. The average Bonchev–Trinajstić information content (AvgIpc) is 2.71. The van der Waals surface area contributed by atoms with Crippen LogP contribution in [-0.2, 0) is 11.4 Å². The molecular formula is C13H13NO2. The molecule has 2 rings (SSSR count). The van der Waals surface area contributed by atoms with Crippen LogP contribution in [0.25, 0.3) is 0 Å². The van der Waals surface area contributed by atoms with E-state index < -0.39 is 0 Å². The lowest BCUT2D eigenvalue weighted by atomic mass is 10.1. The van der Waals surface area contributed by atoms with E-state index in [1.165, 1.54) is 0 Å². The number of aliphatic hydroxyl groups is 1. The summed E-state index contributed by atoms with van der Waals surface area (Å²) in [7, 11) is 0. The van der Waals surface area contributed by atoms with Gasteiger partial charge < -0.3 is 10.0 Å². The molecule has 1 atom stereocenters. The molecule has 1 unspecified atom stereocenters. The number of hydrogen-bond acceptors (Lipinski definition) is 2. The molecule has 0 aliphatic carbocycles. The highest BCUT2D eigenvalue weighted by atomic mass is 16.3. The Hall–Kier alpha value is -1.79. The molecule has 0 radical (unpaired) electrons. The quantitative estimate of drug-likeness (QED) is 0.752. The molecular weight excluding hydrogens is 202 g/mol. The van der Waals surface area contributed by atoms with Crippen molar-refractivity contribution in [1.82, 2.24) is 0 Å². The van der Waals surface area contributed by atoms with E-state index in [1.807, 2.05) is 24.3 Å². The second-order valence-electron chi connectivity index (χ2n) is 3.90. The normalized spacial score (nSPS) is 19.9. The van der Waals surface area contributed by atoms with Gasteiger partial charge in [-0.2, -0.15) is 0 Å². The van der Waals surface area contributed by atoms with E-state index in [4.69, 9.17) is 11.5 Å². The maximum atomic E-state index is 11.7. The van der Waals surface area contributed by atoms with Crippen molar-refractivity contribution in [2.24, 2.45) is 5.92 Å². The Morgan fingerprint density at radius 2 is 2.38 bits per heavy atom. The number of hydrogen-bond donors (Lipinski definition) is 1. The first-order valence-corrected chi connectivity index (χ1v) is 5.21. The maximum Gasteiger partial charge on any atom is 0.228 e. The van der Waals surface area contributed by atoms with E-state index in [-0.39, 0.29) is 18.4 Å². The summed E-state index contributed by atoms with van der Waals surface area (Å²) in [4.78, 5) is 13.4. The van der Waals surface area contributed by atoms with Crippen LogP contribution < -0.4 is 4.90 Å². The molecule has 1 amide bonds. The van der Waals surface area contributed by atoms with Crippen molar-refractivity contribution in [1.29, 1.82) is 0 Å². The smallest absolute Gasteiger partial charge is 0.228 e. The molecule has 0 saturated carbocycles. The summed E-state index contributed by atoms with van der Waals surface area (Å²) in [6.45, 7) is 0.554. The van der Waals surface area contributed by atoms with Gasteiger partial charge in [0.25, 0.3) is 0 Å². The van der Waals surface area contributed by atoms with E-state index in [0.29, 0.717) is 13.0 Å². The van der Waals surface area contributed by atoms with Gasteiger partial charge in [-0.1, -0.05) is 12.1 Å². The number of benzene rings is 1. The van der Waals surface area contributed by atoms with Crippen molar-refractivity contribution in [3.8, 4) is 12.3 Å². The minimum atomic E-state index is -0.0194. The number of carbonyl (C=O) groups is 1. The molecule has 16 heavy (non-hydrogen) atoms. The Kier molecular flexibility index (Phi) is 2.93. The molecule has 1 aliphatic heterocycles. The third-order valence-electron chi connectivity index (χ3n) is 2.77. The molecule has 1 N–H and O–H groups in total. The third-order valence-corrected chi connectivity index (χ3v) is 2.77. The first kappa shape index (κ1) is 10.7. The van der Waals surface area contributed by atoms with Gasteiger partial charge in [-0.05, 0) is 17.7 Å². The number of rotatable bonds is 2. The van der Waals surface area contributed by atoms with Gasteiger partial charge in [-0.3, -0.25) is 4.79 Å². The SMILES string of the molecule is C#CC1CC(=O)N(c2cccc(CO)c2)C1. The summed E-state index contributed by atoms with van der Waals surface area (Å²) in [6.07, 6.45) is 5.74. The van der Waals surface area contributed by atoms with Gasteiger partial charge in [0.05, 0.1) is 6.61 Å². The van der Waals surface area contributed by atoms with Crippen LogP contribution in [0.5, 0.6) is 0 Å². The van der Waals surface area contributed by atoms with Crippen molar-refractivity contribution in [2.75, 3.05) is 11.4 Å². The van der Waals surface area contributed by atoms with Crippen molar-refractivity contribution in [3.63, 3.8) is 0 Å². The van der Waals surface area contributed by atoms with Gasteiger partial charge in [0.15, 0.2) is 0 Å². The molecule has 1 aromatic rings. The lowest BCUT2D eigenvalue weighted by Crippen LogP contribution is -2.24. The van der Waals surface area contributed by atoms with Crippen LogP contribution in [0.15, 0.2) is 24.3 Å². The summed E-state index contributed by atoms with van der Waals surface area (Å²) < 4.78 is 0.